The maximum absolute atomic E-state index is 12.2. The zero-order valence-electron chi connectivity index (χ0n) is 12.6. The molecule has 1 fully saturated rings. The number of nitrogens with zero attached hydrogens (tertiary/aromatic N) is 2. The Kier molecular flexibility index (Phi) is 5.77. The second-order valence-electron chi connectivity index (χ2n) is 5.94. The van der Waals surface area contributed by atoms with E-state index < -0.39 is 0 Å². The Bertz CT molecular complexity index is 421. The van der Waals surface area contributed by atoms with Crippen LogP contribution >= 0.6 is 0 Å². The molecular weight excluding hydrogens is 250 g/mol. The van der Waals surface area contributed by atoms with Crippen LogP contribution in [0.2, 0.25) is 0 Å². The van der Waals surface area contributed by atoms with Gasteiger partial charge in [-0.2, -0.15) is 5.10 Å². The fourth-order valence-corrected chi connectivity index (χ4v) is 3.10. The molecule has 1 aliphatic rings. The minimum Gasteiger partial charge on any atom is -0.330 e. The Balaban J connectivity index is 1.93. The lowest BCUT2D eigenvalue weighted by molar-refractivity contribution is -0.122. The molecule has 0 radical (unpaired) electrons. The van der Waals surface area contributed by atoms with E-state index in [2.05, 4.69) is 16.7 Å². The van der Waals surface area contributed by atoms with Crippen LogP contribution in [0.25, 0.3) is 0 Å². The molecule has 1 aromatic rings. The van der Waals surface area contributed by atoms with Crippen molar-refractivity contribution in [2.24, 2.45) is 11.7 Å². The lowest BCUT2D eigenvalue weighted by Gasteiger charge is -2.21. The molecule has 0 saturated heterocycles. The smallest absolute Gasteiger partial charge is 0.143 e. The Hall–Kier alpha value is -1.16. The summed E-state index contributed by atoms with van der Waals surface area (Å²) in [7, 11) is 0. The number of carbonyl (C=O) groups excluding carboxylic acids is 1. The molecule has 0 aliphatic heterocycles. The van der Waals surface area contributed by atoms with Crippen LogP contribution in [0.5, 0.6) is 0 Å². The first-order valence-electron chi connectivity index (χ1n) is 8.01. The minimum absolute atomic E-state index is 0.000157. The zero-order chi connectivity index (χ0) is 14.4. The standard InChI is InChI=1S/C16H27N3O/c1-2-6-13(12-17)16(20)11-14-9-10-19(18-14)15-7-4-3-5-8-15/h9-10,13,15H,2-8,11-12,17H2,1H3. The number of aromatic nitrogens is 2. The van der Waals surface area contributed by atoms with Crippen molar-refractivity contribution in [1.29, 1.82) is 0 Å². The summed E-state index contributed by atoms with van der Waals surface area (Å²) < 4.78 is 2.07. The van der Waals surface area contributed by atoms with Crippen LogP contribution in [0.1, 0.15) is 63.6 Å². The molecule has 2 rings (SSSR count). The van der Waals surface area contributed by atoms with Gasteiger partial charge in [-0.05, 0) is 25.3 Å². The van der Waals surface area contributed by atoms with Gasteiger partial charge in [0.15, 0.2) is 0 Å². The third kappa shape index (κ3) is 3.92. The molecule has 1 atom stereocenters. The lowest BCUT2D eigenvalue weighted by atomic mass is 9.96. The summed E-state index contributed by atoms with van der Waals surface area (Å²) >= 11 is 0. The molecule has 1 unspecified atom stereocenters. The molecule has 20 heavy (non-hydrogen) atoms. The molecular formula is C16H27N3O. The summed E-state index contributed by atoms with van der Waals surface area (Å²) in [6, 6.07) is 2.53. The van der Waals surface area contributed by atoms with E-state index in [1.54, 1.807) is 0 Å². The lowest BCUT2D eigenvalue weighted by Crippen LogP contribution is -2.25. The molecule has 1 heterocycles. The normalized spacial score (nSPS) is 18.1. The molecule has 0 spiro atoms. The molecule has 1 saturated carbocycles. The zero-order valence-corrected chi connectivity index (χ0v) is 12.6. The number of rotatable bonds is 7. The van der Waals surface area contributed by atoms with E-state index in [1.165, 1.54) is 32.1 Å². The predicted octanol–water partition coefficient (Wildman–Crippen LogP) is 2.87. The number of hydrogen-bond donors (Lipinski definition) is 1. The van der Waals surface area contributed by atoms with Crippen LogP contribution in [-0.4, -0.2) is 22.1 Å². The molecule has 0 bridgehead atoms. The van der Waals surface area contributed by atoms with Crippen LogP contribution in [0.4, 0.5) is 0 Å². The van der Waals surface area contributed by atoms with E-state index in [-0.39, 0.29) is 11.7 Å². The molecule has 112 valence electrons. The first-order valence-corrected chi connectivity index (χ1v) is 8.01. The van der Waals surface area contributed by atoms with Gasteiger partial charge in [0.25, 0.3) is 0 Å². The highest BCUT2D eigenvalue weighted by Gasteiger charge is 2.19. The van der Waals surface area contributed by atoms with Gasteiger partial charge in [-0.15, -0.1) is 0 Å². The van der Waals surface area contributed by atoms with Crippen molar-refractivity contribution in [3.05, 3.63) is 18.0 Å². The summed E-state index contributed by atoms with van der Waals surface area (Å²) in [5.41, 5.74) is 6.59. The first-order chi connectivity index (χ1) is 9.74. The Labute approximate surface area is 121 Å². The van der Waals surface area contributed by atoms with Gasteiger partial charge in [0.2, 0.25) is 0 Å². The van der Waals surface area contributed by atoms with Crippen molar-refractivity contribution in [3.8, 4) is 0 Å². The van der Waals surface area contributed by atoms with Gasteiger partial charge in [0, 0.05) is 18.7 Å². The number of carbonyl (C=O) groups is 1. The largest absolute Gasteiger partial charge is 0.330 e. The Morgan fingerprint density at radius 1 is 1.45 bits per heavy atom. The van der Waals surface area contributed by atoms with E-state index in [0.717, 1.165) is 18.5 Å². The fraction of sp³-hybridized carbons (Fsp3) is 0.750. The molecule has 4 heteroatoms. The van der Waals surface area contributed by atoms with E-state index in [9.17, 15) is 4.79 Å². The SMILES string of the molecule is CCCC(CN)C(=O)Cc1ccn(C2CCCCC2)n1. The van der Waals surface area contributed by atoms with Crippen molar-refractivity contribution in [1.82, 2.24) is 9.78 Å². The summed E-state index contributed by atoms with van der Waals surface area (Å²) in [4.78, 5) is 12.2. The van der Waals surface area contributed by atoms with Crippen LogP contribution in [0.3, 0.4) is 0 Å². The van der Waals surface area contributed by atoms with Gasteiger partial charge < -0.3 is 5.73 Å². The average Bonchev–Trinajstić information content (AvgIpc) is 2.94. The fourth-order valence-electron chi connectivity index (χ4n) is 3.10. The quantitative estimate of drug-likeness (QED) is 0.833. The van der Waals surface area contributed by atoms with Gasteiger partial charge in [-0.1, -0.05) is 32.6 Å². The van der Waals surface area contributed by atoms with Crippen LogP contribution in [0.15, 0.2) is 12.3 Å². The molecule has 2 N–H and O–H groups in total. The van der Waals surface area contributed by atoms with Crippen LogP contribution in [0, 0.1) is 5.92 Å². The average molecular weight is 277 g/mol. The second kappa shape index (κ2) is 7.58. The third-order valence-corrected chi connectivity index (χ3v) is 4.34. The summed E-state index contributed by atoms with van der Waals surface area (Å²) in [6.45, 7) is 2.55. The van der Waals surface area contributed by atoms with Crippen LogP contribution in [-0.2, 0) is 11.2 Å². The number of ketones is 1. The number of hydrogen-bond acceptors (Lipinski definition) is 3. The third-order valence-electron chi connectivity index (χ3n) is 4.34. The van der Waals surface area contributed by atoms with Gasteiger partial charge in [0.1, 0.15) is 5.78 Å². The van der Waals surface area contributed by atoms with E-state index in [0.29, 0.717) is 19.0 Å². The maximum atomic E-state index is 12.2. The van der Waals surface area contributed by atoms with Crippen molar-refractivity contribution >= 4 is 5.78 Å². The van der Waals surface area contributed by atoms with E-state index in [4.69, 9.17) is 5.73 Å². The van der Waals surface area contributed by atoms with Crippen molar-refractivity contribution in [3.63, 3.8) is 0 Å². The highest BCUT2D eigenvalue weighted by molar-refractivity contribution is 5.83. The second-order valence-corrected chi connectivity index (χ2v) is 5.94. The van der Waals surface area contributed by atoms with Crippen LogP contribution < -0.4 is 5.73 Å². The predicted molar refractivity (Wildman–Crippen MR) is 80.5 cm³/mol. The minimum atomic E-state index is -0.000157. The molecule has 1 aromatic heterocycles. The van der Waals surface area contributed by atoms with Crippen molar-refractivity contribution < 1.29 is 4.79 Å². The van der Waals surface area contributed by atoms with Gasteiger partial charge in [-0.25, -0.2) is 0 Å². The van der Waals surface area contributed by atoms with Gasteiger partial charge >= 0.3 is 0 Å². The molecule has 1 aliphatic carbocycles. The Morgan fingerprint density at radius 3 is 2.85 bits per heavy atom. The van der Waals surface area contributed by atoms with Crippen molar-refractivity contribution in [2.45, 2.75) is 64.3 Å². The number of Topliss-reactive ketones (excluding diaryl/α,β-unsaturated/α-hetero) is 1. The Morgan fingerprint density at radius 2 is 2.20 bits per heavy atom. The topological polar surface area (TPSA) is 60.9 Å². The monoisotopic (exact) mass is 277 g/mol. The summed E-state index contributed by atoms with van der Waals surface area (Å²) in [6.07, 6.45) is 10.7. The van der Waals surface area contributed by atoms with Gasteiger partial charge in [0.05, 0.1) is 18.2 Å². The van der Waals surface area contributed by atoms with Gasteiger partial charge in [-0.3, -0.25) is 9.48 Å². The number of nitrogens with two attached hydrogens (primary N) is 1. The van der Waals surface area contributed by atoms with Crippen molar-refractivity contribution in [2.75, 3.05) is 6.54 Å². The summed E-state index contributed by atoms with van der Waals surface area (Å²) in [5, 5.41) is 4.61. The molecule has 0 aromatic carbocycles. The first kappa shape index (κ1) is 15.2. The molecule has 4 nitrogen and oxygen atoms in total. The highest BCUT2D eigenvalue weighted by Crippen LogP contribution is 2.27. The molecule has 0 amide bonds. The van der Waals surface area contributed by atoms with E-state index in [1.807, 2.05) is 12.3 Å². The maximum Gasteiger partial charge on any atom is 0.143 e. The van der Waals surface area contributed by atoms with E-state index >= 15 is 0 Å². The summed E-state index contributed by atoms with van der Waals surface area (Å²) in [5.74, 6) is 0.239. The highest BCUT2D eigenvalue weighted by atomic mass is 16.1.